The van der Waals surface area contributed by atoms with E-state index < -0.39 is 0 Å². The van der Waals surface area contributed by atoms with E-state index in [0.29, 0.717) is 18.1 Å². The maximum absolute atomic E-state index is 13.7. The molecule has 0 saturated heterocycles. The highest BCUT2D eigenvalue weighted by molar-refractivity contribution is 5.81. The first-order valence-electron chi connectivity index (χ1n) is 7.93. The molecule has 0 aliphatic rings. The zero-order valence-electron chi connectivity index (χ0n) is 13.9. The number of hydrogen-bond acceptors (Lipinski definition) is 5. The lowest BCUT2D eigenvalue weighted by Crippen LogP contribution is -2.04. The van der Waals surface area contributed by atoms with E-state index in [-0.39, 0.29) is 5.82 Å². The average molecular weight is 350 g/mol. The number of tetrazole rings is 1. The van der Waals surface area contributed by atoms with Gasteiger partial charge in [0, 0.05) is 17.2 Å². The first-order valence-corrected chi connectivity index (χ1v) is 7.93. The number of hydrogen-bond donors (Lipinski definition) is 1. The Bertz CT molecular complexity index is 1010. The van der Waals surface area contributed by atoms with Crippen LogP contribution in [0.2, 0.25) is 0 Å². The lowest BCUT2D eigenvalue weighted by Gasteiger charge is -2.13. The Morgan fingerprint density at radius 2 is 2.00 bits per heavy atom. The van der Waals surface area contributed by atoms with Gasteiger partial charge < -0.3 is 9.30 Å². The summed E-state index contributed by atoms with van der Waals surface area (Å²) in [6.45, 7) is 0.367. The van der Waals surface area contributed by atoms with Crippen molar-refractivity contribution in [2.24, 2.45) is 0 Å². The van der Waals surface area contributed by atoms with E-state index in [9.17, 15) is 4.39 Å². The number of nitrogens with zero attached hydrogens (tertiary/aromatic N) is 5. The second kappa shape index (κ2) is 6.75. The summed E-state index contributed by atoms with van der Waals surface area (Å²) < 4.78 is 21.0. The van der Waals surface area contributed by atoms with E-state index in [2.05, 4.69) is 25.6 Å². The number of H-pyrrole nitrogens is 1. The third-order valence-electron chi connectivity index (χ3n) is 4.00. The molecule has 130 valence electrons. The summed E-state index contributed by atoms with van der Waals surface area (Å²) in [4.78, 5) is 4.57. The van der Waals surface area contributed by atoms with Crippen LogP contribution in [0.15, 0.2) is 54.9 Å². The average Bonchev–Trinajstić information content (AvgIpc) is 3.33. The molecule has 0 unspecified atom stereocenters. The highest BCUT2D eigenvalue weighted by Crippen LogP contribution is 2.37. The minimum Gasteiger partial charge on any atom is -0.496 e. The Kier molecular flexibility index (Phi) is 4.14. The van der Waals surface area contributed by atoms with Gasteiger partial charge in [0.2, 0.25) is 0 Å². The van der Waals surface area contributed by atoms with E-state index in [0.717, 1.165) is 22.5 Å². The second-order valence-electron chi connectivity index (χ2n) is 5.61. The monoisotopic (exact) mass is 350 g/mol. The summed E-state index contributed by atoms with van der Waals surface area (Å²) in [6, 6.07) is 14.2. The van der Waals surface area contributed by atoms with Crippen molar-refractivity contribution in [1.82, 2.24) is 30.2 Å². The molecule has 1 N–H and O–H groups in total. The van der Waals surface area contributed by atoms with Gasteiger partial charge in [-0.25, -0.2) is 9.37 Å². The lowest BCUT2D eigenvalue weighted by atomic mass is 10.0. The van der Waals surface area contributed by atoms with Crippen LogP contribution in [-0.2, 0) is 6.54 Å². The smallest absolute Gasteiger partial charge is 0.194 e. The molecule has 0 amide bonds. The summed E-state index contributed by atoms with van der Waals surface area (Å²) in [7, 11) is 1.51. The van der Waals surface area contributed by atoms with Gasteiger partial charge in [-0.2, -0.15) is 5.21 Å². The molecule has 0 bridgehead atoms. The number of nitrogens with one attached hydrogen (secondary N) is 1. The van der Waals surface area contributed by atoms with Crippen molar-refractivity contribution in [3.05, 3.63) is 66.5 Å². The Morgan fingerprint density at radius 1 is 1.15 bits per heavy atom. The van der Waals surface area contributed by atoms with Crippen LogP contribution < -0.4 is 4.74 Å². The number of rotatable bonds is 5. The van der Waals surface area contributed by atoms with Gasteiger partial charge in [-0.1, -0.05) is 35.5 Å². The van der Waals surface area contributed by atoms with E-state index in [4.69, 9.17) is 4.74 Å². The molecular weight excluding hydrogens is 335 g/mol. The highest BCUT2D eigenvalue weighted by Gasteiger charge is 2.19. The summed E-state index contributed by atoms with van der Waals surface area (Å²) in [5.41, 5.74) is 3.23. The Labute approximate surface area is 148 Å². The zero-order chi connectivity index (χ0) is 17.9. The molecule has 26 heavy (non-hydrogen) atoms. The minimum absolute atomic E-state index is 0.365. The first-order chi connectivity index (χ1) is 12.8. The summed E-state index contributed by atoms with van der Waals surface area (Å²) >= 11 is 0. The summed E-state index contributed by atoms with van der Waals surface area (Å²) in [5, 5.41) is 14.0. The van der Waals surface area contributed by atoms with Gasteiger partial charge in [0.1, 0.15) is 11.6 Å². The Morgan fingerprint density at radius 3 is 2.73 bits per heavy atom. The summed E-state index contributed by atoms with van der Waals surface area (Å²) in [5.74, 6) is 0.581. The van der Waals surface area contributed by atoms with Crippen molar-refractivity contribution >= 4 is 0 Å². The molecule has 2 aromatic carbocycles. The number of halogens is 1. The van der Waals surface area contributed by atoms with Crippen LogP contribution in [0, 0.1) is 5.82 Å². The Balaban J connectivity index is 1.91. The van der Waals surface area contributed by atoms with Crippen LogP contribution in [0.1, 0.15) is 5.82 Å². The molecule has 0 atom stereocenters. The van der Waals surface area contributed by atoms with Crippen LogP contribution in [0.25, 0.3) is 22.5 Å². The first kappa shape index (κ1) is 15.9. The molecular formula is C18H15FN6O. The maximum Gasteiger partial charge on any atom is 0.194 e. The maximum atomic E-state index is 13.7. The molecule has 0 aliphatic heterocycles. The predicted molar refractivity (Wildman–Crippen MR) is 92.9 cm³/mol. The molecule has 0 aliphatic carbocycles. The minimum atomic E-state index is -0.365. The van der Waals surface area contributed by atoms with Gasteiger partial charge in [0.15, 0.2) is 5.82 Å². The fourth-order valence-corrected chi connectivity index (χ4v) is 2.85. The molecule has 0 saturated carbocycles. The molecule has 7 nitrogen and oxygen atoms in total. The lowest BCUT2D eigenvalue weighted by molar-refractivity contribution is 0.412. The van der Waals surface area contributed by atoms with Gasteiger partial charge in [-0.05, 0) is 12.1 Å². The number of aromatic amines is 1. The highest BCUT2D eigenvalue weighted by atomic mass is 19.1. The van der Waals surface area contributed by atoms with Crippen molar-refractivity contribution in [2.45, 2.75) is 6.54 Å². The SMILES string of the molecule is COc1cc(F)ccc1-c1c(-c2ccccc2)ncn1Cc1nn[nH]n1. The molecule has 0 radical (unpaired) electrons. The van der Waals surface area contributed by atoms with Crippen LogP contribution in [0.4, 0.5) is 4.39 Å². The molecule has 4 rings (SSSR count). The molecule has 2 aromatic heterocycles. The number of imidazole rings is 1. The number of methoxy groups -OCH3 is 1. The van der Waals surface area contributed by atoms with Crippen molar-refractivity contribution in [2.75, 3.05) is 7.11 Å². The van der Waals surface area contributed by atoms with Gasteiger partial charge in [-0.3, -0.25) is 0 Å². The molecule has 0 spiro atoms. The van der Waals surface area contributed by atoms with Crippen molar-refractivity contribution in [1.29, 1.82) is 0 Å². The number of ether oxygens (including phenoxy) is 1. The van der Waals surface area contributed by atoms with Gasteiger partial charge in [0.25, 0.3) is 0 Å². The van der Waals surface area contributed by atoms with Crippen molar-refractivity contribution in [3.8, 4) is 28.3 Å². The third-order valence-corrected chi connectivity index (χ3v) is 4.00. The Hall–Kier alpha value is -3.55. The number of aromatic nitrogens is 6. The van der Waals surface area contributed by atoms with Crippen LogP contribution >= 0.6 is 0 Å². The topological polar surface area (TPSA) is 81.5 Å². The van der Waals surface area contributed by atoms with Crippen molar-refractivity contribution < 1.29 is 9.13 Å². The zero-order valence-corrected chi connectivity index (χ0v) is 13.9. The second-order valence-corrected chi connectivity index (χ2v) is 5.61. The fourth-order valence-electron chi connectivity index (χ4n) is 2.85. The van der Waals surface area contributed by atoms with E-state index in [1.54, 1.807) is 12.4 Å². The largest absolute Gasteiger partial charge is 0.496 e. The quantitative estimate of drug-likeness (QED) is 0.598. The fraction of sp³-hybridized carbons (Fsp3) is 0.111. The third kappa shape index (κ3) is 2.92. The van der Waals surface area contributed by atoms with Crippen LogP contribution in [-0.4, -0.2) is 37.3 Å². The van der Waals surface area contributed by atoms with Crippen LogP contribution in [0.3, 0.4) is 0 Å². The van der Waals surface area contributed by atoms with Crippen molar-refractivity contribution in [3.63, 3.8) is 0 Å². The molecule has 4 aromatic rings. The van der Waals surface area contributed by atoms with E-state index in [1.807, 2.05) is 34.9 Å². The van der Waals surface area contributed by atoms with E-state index in [1.165, 1.54) is 19.2 Å². The van der Waals surface area contributed by atoms with Gasteiger partial charge in [-0.15, -0.1) is 10.2 Å². The van der Waals surface area contributed by atoms with Crippen LogP contribution in [0.5, 0.6) is 5.75 Å². The normalized spacial score (nSPS) is 10.8. The molecule has 2 heterocycles. The van der Waals surface area contributed by atoms with Gasteiger partial charge in [0.05, 0.1) is 31.4 Å². The number of benzene rings is 2. The van der Waals surface area contributed by atoms with E-state index >= 15 is 0 Å². The predicted octanol–water partition coefficient (Wildman–Crippen LogP) is 2.93. The molecule has 8 heteroatoms. The standard InChI is InChI=1S/C18H15FN6O/c1-26-15-9-13(19)7-8-14(15)18-17(12-5-3-2-4-6-12)20-11-25(18)10-16-21-23-24-22-16/h2-9,11H,10H2,1H3,(H,21,22,23,24). The van der Waals surface area contributed by atoms with Gasteiger partial charge >= 0.3 is 0 Å². The molecule has 0 fully saturated rings. The summed E-state index contributed by atoms with van der Waals surface area (Å²) in [6.07, 6.45) is 1.71.